The minimum absolute atomic E-state index is 0.211. The van der Waals surface area contributed by atoms with Gasteiger partial charge in [-0.05, 0) is 24.6 Å². The Morgan fingerprint density at radius 2 is 2.22 bits per heavy atom. The molecule has 0 fully saturated rings. The number of halogens is 1. The second kappa shape index (κ2) is 5.64. The molecule has 2 rings (SSSR count). The number of aryl methyl sites for hydroxylation is 1. The molecule has 0 aliphatic carbocycles. The van der Waals surface area contributed by atoms with E-state index >= 15 is 0 Å². The molecule has 0 atom stereocenters. The van der Waals surface area contributed by atoms with Gasteiger partial charge in [0, 0.05) is 22.3 Å². The Morgan fingerprint density at radius 3 is 2.89 bits per heavy atom. The van der Waals surface area contributed by atoms with Gasteiger partial charge in [0.25, 0.3) is 0 Å². The molecule has 18 heavy (non-hydrogen) atoms. The smallest absolute Gasteiger partial charge is 0.249 e. The lowest BCUT2D eigenvalue weighted by atomic mass is 10.2. The monoisotopic (exact) mass is 305 g/mol. The Hall–Kier alpha value is -1.88. The van der Waals surface area contributed by atoms with E-state index in [4.69, 9.17) is 0 Å². The molecule has 1 heterocycles. The van der Waals surface area contributed by atoms with Gasteiger partial charge in [-0.3, -0.25) is 9.89 Å². The maximum Gasteiger partial charge on any atom is 0.249 e. The van der Waals surface area contributed by atoms with Crippen LogP contribution in [0.15, 0.2) is 40.9 Å². The van der Waals surface area contributed by atoms with Crippen molar-refractivity contribution < 1.29 is 4.79 Å². The quantitative estimate of drug-likeness (QED) is 0.856. The van der Waals surface area contributed by atoms with Crippen molar-refractivity contribution in [2.45, 2.75) is 6.92 Å². The summed E-state index contributed by atoms with van der Waals surface area (Å²) in [6.45, 7) is 1.87. The number of hydrogen-bond acceptors (Lipinski definition) is 2. The molecule has 5 heteroatoms. The molecule has 1 aromatic heterocycles. The van der Waals surface area contributed by atoms with Gasteiger partial charge in [-0.2, -0.15) is 5.10 Å². The molecule has 0 saturated carbocycles. The van der Waals surface area contributed by atoms with Crippen LogP contribution in [0.25, 0.3) is 6.08 Å². The van der Waals surface area contributed by atoms with E-state index < -0.39 is 0 Å². The maximum atomic E-state index is 11.6. The Bertz CT molecular complexity index is 589. The van der Waals surface area contributed by atoms with Crippen molar-refractivity contribution in [1.29, 1.82) is 0 Å². The van der Waals surface area contributed by atoms with Crippen molar-refractivity contribution in [1.82, 2.24) is 10.2 Å². The summed E-state index contributed by atoms with van der Waals surface area (Å²) in [6, 6.07) is 9.46. The number of nitrogens with one attached hydrogen (secondary N) is 2. The summed E-state index contributed by atoms with van der Waals surface area (Å²) in [6.07, 6.45) is 3.23. The Balaban J connectivity index is 2.01. The van der Waals surface area contributed by atoms with Crippen LogP contribution in [-0.4, -0.2) is 16.1 Å². The van der Waals surface area contributed by atoms with Crippen molar-refractivity contribution in [3.8, 4) is 0 Å². The van der Waals surface area contributed by atoms with Gasteiger partial charge in [0.15, 0.2) is 5.82 Å². The van der Waals surface area contributed by atoms with Gasteiger partial charge in [-0.15, -0.1) is 0 Å². The van der Waals surface area contributed by atoms with E-state index in [9.17, 15) is 4.79 Å². The largest absolute Gasteiger partial charge is 0.306 e. The molecular formula is C13H12BrN3O. The van der Waals surface area contributed by atoms with Crippen molar-refractivity contribution in [2.24, 2.45) is 0 Å². The number of hydrogen-bond donors (Lipinski definition) is 2. The fourth-order valence-electron chi connectivity index (χ4n) is 1.43. The third-order valence-corrected chi connectivity index (χ3v) is 3.00. The van der Waals surface area contributed by atoms with Crippen molar-refractivity contribution in [3.63, 3.8) is 0 Å². The summed E-state index contributed by atoms with van der Waals surface area (Å²) >= 11 is 3.42. The number of carbonyl (C=O) groups excluding carboxylic acids is 1. The fraction of sp³-hybridized carbons (Fsp3) is 0.0769. The molecule has 4 nitrogen and oxygen atoms in total. The van der Waals surface area contributed by atoms with Crippen LogP contribution in [0.3, 0.4) is 0 Å². The number of carbonyl (C=O) groups is 1. The third-order valence-electron chi connectivity index (χ3n) is 2.28. The molecule has 0 aliphatic heterocycles. The van der Waals surface area contributed by atoms with Gasteiger partial charge in [0.05, 0.1) is 0 Å². The van der Waals surface area contributed by atoms with Crippen LogP contribution < -0.4 is 5.32 Å². The SMILES string of the molecule is Cc1cc(NC(=O)/C=C/c2ccccc2Br)n[nH]1. The van der Waals surface area contributed by atoms with Crippen LogP contribution in [0.1, 0.15) is 11.3 Å². The van der Waals surface area contributed by atoms with Crippen LogP contribution in [0.2, 0.25) is 0 Å². The van der Waals surface area contributed by atoms with Crippen LogP contribution >= 0.6 is 15.9 Å². The normalized spacial score (nSPS) is 10.8. The molecule has 0 radical (unpaired) electrons. The van der Waals surface area contributed by atoms with Crippen LogP contribution in [0.4, 0.5) is 5.82 Å². The molecule has 1 aromatic carbocycles. The van der Waals surface area contributed by atoms with Crippen LogP contribution in [0, 0.1) is 6.92 Å². The summed E-state index contributed by atoms with van der Waals surface area (Å²) < 4.78 is 0.949. The minimum atomic E-state index is -0.211. The van der Waals surface area contributed by atoms with Crippen molar-refractivity contribution in [2.75, 3.05) is 5.32 Å². The van der Waals surface area contributed by atoms with Gasteiger partial charge in [-0.25, -0.2) is 0 Å². The Kier molecular flexibility index (Phi) is 3.94. The average Bonchev–Trinajstić information content (AvgIpc) is 2.74. The van der Waals surface area contributed by atoms with Gasteiger partial charge < -0.3 is 5.32 Å². The molecule has 0 saturated heterocycles. The van der Waals surface area contributed by atoms with Crippen molar-refractivity contribution >= 4 is 33.7 Å². The number of aromatic nitrogens is 2. The minimum Gasteiger partial charge on any atom is -0.306 e. The molecule has 0 unspecified atom stereocenters. The third kappa shape index (κ3) is 3.30. The molecule has 0 spiro atoms. The van der Waals surface area contributed by atoms with Crippen LogP contribution in [0.5, 0.6) is 0 Å². The summed E-state index contributed by atoms with van der Waals surface area (Å²) in [7, 11) is 0. The molecule has 92 valence electrons. The first kappa shape index (κ1) is 12.6. The molecule has 0 aliphatic rings. The van der Waals surface area contributed by atoms with Gasteiger partial charge in [0.1, 0.15) is 0 Å². The molecule has 2 aromatic rings. The summed E-state index contributed by atoms with van der Waals surface area (Å²) in [5, 5.41) is 9.36. The molecular weight excluding hydrogens is 294 g/mol. The number of rotatable bonds is 3. The number of benzene rings is 1. The fourth-order valence-corrected chi connectivity index (χ4v) is 1.84. The highest BCUT2D eigenvalue weighted by Gasteiger charge is 2.01. The number of amides is 1. The second-order valence-electron chi connectivity index (χ2n) is 3.78. The lowest BCUT2D eigenvalue weighted by molar-refractivity contribution is -0.111. The van der Waals surface area contributed by atoms with Gasteiger partial charge in [0.2, 0.25) is 5.91 Å². The molecule has 0 bridgehead atoms. The highest BCUT2D eigenvalue weighted by molar-refractivity contribution is 9.10. The summed E-state index contributed by atoms with van der Waals surface area (Å²) in [5.74, 6) is 0.312. The number of aromatic amines is 1. The van der Waals surface area contributed by atoms with Crippen molar-refractivity contribution in [3.05, 3.63) is 52.1 Å². The molecule has 2 N–H and O–H groups in total. The van der Waals surface area contributed by atoms with E-state index in [1.165, 1.54) is 6.08 Å². The first-order valence-corrected chi connectivity index (χ1v) is 6.20. The van der Waals surface area contributed by atoms with E-state index in [0.717, 1.165) is 15.7 Å². The van der Waals surface area contributed by atoms with E-state index in [1.54, 1.807) is 12.1 Å². The second-order valence-corrected chi connectivity index (χ2v) is 4.63. The van der Waals surface area contributed by atoms with E-state index in [-0.39, 0.29) is 5.91 Å². The van der Waals surface area contributed by atoms with Gasteiger partial charge in [-0.1, -0.05) is 34.1 Å². The zero-order chi connectivity index (χ0) is 13.0. The summed E-state index contributed by atoms with van der Waals surface area (Å²) in [4.78, 5) is 11.6. The molecule has 1 amide bonds. The topological polar surface area (TPSA) is 57.8 Å². The first-order chi connectivity index (χ1) is 8.65. The average molecular weight is 306 g/mol. The summed E-state index contributed by atoms with van der Waals surface area (Å²) in [5.41, 5.74) is 1.85. The first-order valence-electron chi connectivity index (χ1n) is 5.41. The number of H-pyrrole nitrogens is 1. The predicted molar refractivity (Wildman–Crippen MR) is 75.1 cm³/mol. The maximum absolute atomic E-state index is 11.6. The highest BCUT2D eigenvalue weighted by Crippen LogP contribution is 2.17. The Morgan fingerprint density at radius 1 is 1.44 bits per heavy atom. The Labute approximate surface area is 113 Å². The predicted octanol–water partition coefficient (Wildman–Crippen LogP) is 3.13. The van der Waals surface area contributed by atoms with Gasteiger partial charge >= 0.3 is 0 Å². The van der Waals surface area contributed by atoms with Crippen LogP contribution in [-0.2, 0) is 4.79 Å². The highest BCUT2D eigenvalue weighted by atomic mass is 79.9. The standard InChI is InChI=1S/C13H12BrN3O/c1-9-8-12(17-16-9)15-13(18)7-6-10-4-2-3-5-11(10)14/h2-8H,1H3,(H2,15,16,17,18)/b7-6+. The zero-order valence-electron chi connectivity index (χ0n) is 9.77. The number of nitrogens with zero attached hydrogens (tertiary/aromatic N) is 1. The lowest BCUT2D eigenvalue weighted by Gasteiger charge is -1.98. The van der Waals surface area contributed by atoms with E-state index in [2.05, 4.69) is 31.4 Å². The van der Waals surface area contributed by atoms with E-state index in [0.29, 0.717) is 5.82 Å². The zero-order valence-corrected chi connectivity index (χ0v) is 11.4. The van der Waals surface area contributed by atoms with E-state index in [1.807, 2.05) is 31.2 Å². The lowest BCUT2D eigenvalue weighted by Crippen LogP contribution is -2.07. The number of anilines is 1.